The molecule has 0 heterocycles. The van der Waals surface area contributed by atoms with Crippen LogP contribution >= 0.6 is 15.9 Å². The second-order valence-corrected chi connectivity index (χ2v) is 4.74. The van der Waals surface area contributed by atoms with Crippen LogP contribution in [0.3, 0.4) is 0 Å². The van der Waals surface area contributed by atoms with Gasteiger partial charge in [-0.15, -0.1) is 0 Å². The Kier molecular flexibility index (Phi) is 7.44. The maximum Gasteiger partial charge on any atom is 0.0700 e. The lowest BCUT2D eigenvalue weighted by molar-refractivity contribution is 0.0642. The summed E-state index contributed by atoms with van der Waals surface area (Å²) in [7, 11) is 1.65. The lowest BCUT2D eigenvalue weighted by atomic mass is 9.97. The quantitative estimate of drug-likeness (QED) is 0.750. The van der Waals surface area contributed by atoms with Gasteiger partial charge in [0.05, 0.1) is 19.8 Å². The van der Waals surface area contributed by atoms with E-state index in [9.17, 15) is 5.11 Å². The minimum atomic E-state index is 0.134. The van der Waals surface area contributed by atoms with E-state index in [0.29, 0.717) is 19.8 Å². The van der Waals surface area contributed by atoms with E-state index in [1.54, 1.807) is 7.11 Å². The van der Waals surface area contributed by atoms with Gasteiger partial charge in [-0.25, -0.2) is 0 Å². The van der Waals surface area contributed by atoms with Crippen LogP contribution in [0.5, 0.6) is 0 Å². The summed E-state index contributed by atoms with van der Waals surface area (Å²) < 4.78 is 11.3. The van der Waals surface area contributed by atoms with Crippen LogP contribution in [-0.4, -0.2) is 38.6 Å². The first-order valence-corrected chi connectivity index (χ1v) is 6.50. The second kappa shape index (κ2) is 8.64. The van der Waals surface area contributed by atoms with Crippen molar-refractivity contribution in [2.75, 3.05) is 33.5 Å². The smallest absolute Gasteiger partial charge is 0.0700 e. The molecule has 0 aliphatic rings. The van der Waals surface area contributed by atoms with E-state index in [0.717, 1.165) is 16.5 Å². The van der Waals surface area contributed by atoms with E-state index in [-0.39, 0.29) is 12.5 Å². The van der Waals surface area contributed by atoms with Crippen LogP contribution in [0.25, 0.3) is 0 Å². The molecule has 0 saturated carbocycles. The molecule has 1 unspecified atom stereocenters. The Labute approximate surface area is 111 Å². The van der Waals surface area contributed by atoms with Crippen LogP contribution < -0.4 is 0 Å². The normalized spacial score (nSPS) is 12.6. The maximum atomic E-state index is 9.38. The van der Waals surface area contributed by atoms with Gasteiger partial charge in [-0.2, -0.15) is 0 Å². The highest BCUT2D eigenvalue weighted by atomic mass is 79.9. The lowest BCUT2D eigenvalue weighted by Crippen LogP contribution is -2.10. The Morgan fingerprint density at radius 2 is 2.12 bits per heavy atom. The molecule has 0 spiro atoms. The Morgan fingerprint density at radius 3 is 2.76 bits per heavy atom. The molecule has 1 atom stereocenters. The highest BCUT2D eigenvalue weighted by Gasteiger charge is 2.10. The fraction of sp³-hybridized carbons (Fsp3) is 0.538. The van der Waals surface area contributed by atoms with Gasteiger partial charge in [0.15, 0.2) is 0 Å². The summed E-state index contributed by atoms with van der Waals surface area (Å²) in [5.41, 5.74) is 1.14. The number of methoxy groups -OCH3 is 1. The third-order valence-corrected chi connectivity index (χ3v) is 3.08. The van der Waals surface area contributed by atoms with Crippen LogP contribution in [0.2, 0.25) is 0 Å². The van der Waals surface area contributed by atoms with Gasteiger partial charge in [0, 0.05) is 24.1 Å². The first-order valence-electron chi connectivity index (χ1n) is 5.71. The summed E-state index contributed by atoms with van der Waals surface area (Å²) in [6, 6.07) is 8.03. The topological polar surface area (TPSA) is 38.7 Å². The second-order valence-electron chi connectivity index (χ2n) is 3.83. The monoisotopic (exact) mass is 302 g/mol. The molecule has 0 bridgehead atoms. The van der Waals surface area contributed by atoms with Crippen molar-refractivity contribution in [1.29, 1.82) is 0 Å². The average Bonchev–Trinajstić information content (AvgIpc) is 2.34. The molecule has 0 aromatic heterocycles. The maximum absolute atomic E-state index is 9.38. The predicted molar refractivity (Wildman–Crippen MR) is 71.3 cm³/mol. The van der Waals surface area contributed by atoms with E-state index < -0.39 is 0 Å². The number of ether oxygens (including phenoxy) is 2. The molecule has 1 rings (SSSR count). The molecule has 17 heavy (non-hydrogen) atoms. The third kappa shape index (κ3) is 5.64. The van der Waals surface area contributed by atoms with E-state index >= 15 is 0 Å². The van der Waals surface area contributed by atoms with Crippen LogP contribution in [0, 0.1) is 0 Å². The van der Waals surface area contributed by atoms with Crippen LogP contribution in [0.15, 0.2) is 28.7 Å². The Balaban J connectivity index is 2.38. The summed E-state index contributed by atoms with van der Waals surface area (Å²) in [6.45, 7) is 2.00. The Hall–Kier alpha value is -0.420. The highest BCUT2D eigenvalue weighted by molar-refractivity contribution is 9.10. The van der Waals surface area contributed by atoms with Crippen molar-refractivity contribution in [2.45, 2.75) is 12.3 Å². The molecular weight excluding hydrogens is 284 g/mol. The highest BCUT2D eigenvalue weighted by Crippen LogP contribution is 2.22. The number of aliphatic hydroxyl groups is 1. The first-order chi connectivity index (χ1) is 8.27. The fourth-order valence-electron chi connectivity index (χ4n) is 1.59. The molecule has 0 fully saturated rings. The minimum Gasteiger partial charge on any atom is -0.396 e. The van der Waals surface area contributed by atoms with Crippen molar-refractivity contribution in [3.05, 3.63) is 34.3 Å². The first kappa shape index (κ1) is 14.6. The number of rotatable bonds is 8. The molecule has 0 aliphatic carbocycles. The van der Waals surface area contributed by atoms with E-state index in [4.69, 9.17) is 9.47 Å². The van der Waals surface area contributed by atoms with E-state index in [1.807, 2.05) is 24.3 Å². The van der Waals surface area contributed by atoms with Gasteiger partial charge in [-0.3, -0.25) is 0 Å². The van der Waals surface area contributed by atoms with Crippen molar-refractivity contribution >= 4 is 15.9 Å². The van der Waals surface area contributed by atoms with Gasteiger partial charge < -0.3 is 14.6 Å². The SMILES string of the molecule is COCCOCCC(CO)c1cccc(Br)c1. The summed E-state index contributed by atoms with van der Waals surface area (Å²) in [6.07, 6.45) is 0.816. The van der Waals surface area contributed by atoms with Crippen LogP contribution in [-0.2, 0) is 9.47 Å². The average molecular weight is 303 g/mol. The zero-order valence-electron chi connectivity index (χ0n) is 10.1. The fourth-order valence-corrected chi connectivity index (χ4v) is 2.01. The molecule has 0 radical (unpaired) electrons. The summed E-state index contributed by atoms with van der Waals surface area (Å²) in [5.74, 6) is 0.134. The molecule has 3 nitrogen and oxygen atoms in total. The minimum absolute atomic E-state index is 0.134. The number of benzene rings is 1. The Bertz CT molecular complexity index is 317. The Morgan fingerprint density at radius 1 is 1.29 bits per heavy atom. The number of hydrogen-bond acceptors (Lipinski definition) is 3. The number of halogens is 1. The molecule has 0 aliphatic heterocycles. The van der Waals surface area contributed by atoms with Crippen molar-refractivity contribution in [2.24, 2.45) is 0 Å². The van der Waals surface area contributed by atoms with Crippen LogP contribution in [0.4, 0.5) is 0 Å². The molecule has 0 amide bonds. The molecule has 96 valence electrons. The summed E-state index contributed by atoms with van der Waals surface area (Å²) >= 11 is 3.43. The standard InChI is InChI=1S/C13H19BrO3/c1-16-7-8-17-6-5-12(10-15)11-3-2-4-13(14)9-11/h2-4,9,12,15H,5-8,10H2,1H3. The largest absolute Gasteiger partial charge is 0.396 e. The zero-order valence-corrected chi connectivity index (χ0v) is 11.6. The van der Waals surface area contributed by atoms with Crippen molar-refractivity contribution in [1.82, 2.24) is 0 Å². The van der Waals surface area contributed by atoms with Gasteiger partial charge in [0.2, 0.25) is 0 Å². The summed E-state index contributed by atoms with van der Waals surface area (Å²) in [4.78, 5) is 0. The number of hydrogen-bond donors (Lipinski definition) is 1. The van der Waals surface area contributed by atoms with Gasteiger partial charge in [0.25, 0.3) is 0 Å². The van der Waals surface area contributed by atoms with Crippen molar-refractivity contribution < 1.29 is 14.6 Å². The third-order valence-electron chi connectivity index (χ3n) is 2.58. The molecular formula is C13H19BrO3. The van der Waals surface area contributed by atoms with Gasteiger partial charge >= 0.3 is 0 Å². The van der Waals surface area contributed by atoms with Gasteiger partial charge in [0.1, 0.15) is 0 Å². The number of aliphatic hydroxyl groups excluding tert-OH is 1. The van der Waals surface area contributed by atoms with Crippen LogP contribution in [0.1, 0.15) is 17.9 Å². The van der Waals surface area contributed by atoms with Crippen molar-refractivity contribution in [3.63, 3.8) is 0 Å². The molecule has 4 heteroatoms. The van der Waals surface area contributed by atoms with E-state index in [1.165, 1.54) is 0 Å². The zero-order chi connectivity index (χ0) is 12.5. The summed E-state index contributed by atoms with van der Waals surface area (Å²) in [5, 5.41) is 9.38. The van der Waals surface area contributed by atoms with Gasteiger partial charge in [-0.1, -0.05) is 28.1 Å². The lowest BCUT2D eigenvalue weighted by Gasteiger charge is -2.15. The van der Waals surface area contributed by atoms with E-state index in [2.05, 4.69) is 15.9 Å². The predicted octanol–water partition coefficient (Wildman–Crippen LogP) is 2.58. The molecule has 0 saturated heterocycles. The van der Waals surface area contributed by atoms with Crippen molar-refractivity contribution in [3.8, 4) is 0 Å². The van der Waals surface area contributed by atoms with Gasteiger partial charge in [-0.05, 0) is 24.1 Å². The molecule has 1 N–H and O–H groups in total. The molecule has 1 aromatic carbocycles. The molecule has 1 aromatic rings.